The van der Waals surface area contributed by atoms with Crippen molar-refractivity contribution in [2.45, 2.75) is 18.2 Å². The summed E-state index contributed by atoms with van der Waals surface area (Å²) in [6, 6.07) is 16.3. The smallest absolute Gasteiger partial charge is 0.133 e. The summed E-state index contributed by atoms with van der Waals surface area (Å²) in [6.07, 6.45) is 0. The molecule has 0 heterocycles. The molecule has 2 aromatic carbocycles. The molecule has 0 amide bonds. The highest BCUT2D eigenvalue weighted by Crippen LogP contribution is 2.38. The van der Waals surface area contributed by atoms with Crippen LogP contribution < -0.4 is 4.74 Å². The molecule has 0 bridgehead atoms. The largest absolute Gasteiger partial charge is 0.496 e. The average Bonchev–Trinajstić information content (AvgIpc) is 2.46. The molecule has 1 nitrogen and oxygen atoms in total. The van der Waals surface area contributed by atoms with Crippen molar-refractivity contribution in [2.24, 2.45) is 0 Å². The van der Waals surface area contributed by atoms with E-state index in [0.29, 0.717) is 0 Å². The van der Waals surface area contributed by atoms with Crippen LogP contribution in [0.25, 0.3) is 0 Å². The second-order valence-corrected chi connectivity index (χ2v) is 5.82. The summed E-state index contributed by atoms with van der Waals surface area (Å²) < 4.78 is 6.16. The Balaban J connectivity index is 2.24. The van der Waals surface area contributed by atoms with Crippen molar-refractivity contribution in [2.75, 3.05) is 7.11 Å². The standard InChI is InChI=1S/C16H16BrClO/c1-11(12-6-4-3-5-7-12)16(18)13-8-9-15(19-2)14(17)10-13/h3-11,16H,1-2H3. The Kier molecular flexibility index (Phi) is 4.89. The second-order valence-electron chi connectivity index (χ2n) is 4.50. The average molecular weight is 340 g/mol. The number of alkyl halides is 1. The van der Waals surface area contributed by atoms with Gasteiger partial charge >= 0.3 is 0 Å². The quantitative estimate of drug-likeness (QED) is 0.664. The van der Waals surface area contributed by atoms with E-state index in [4.69, 9.17) is 16.3 Å². The molecule has 2 atom stereocenters. The Hall–Kier alpha value is -0.990. The lowest BCUT2D eigenvalue weighted by molar-refractivity contribution is 0.412. The summed E-state index contributed by atoms with van der Waals surface area (Å²) in [5, 5.41) is -0.0652. The Labute approximate surface area is 127 Å². The summed E-state index contributed by atoms with van der Waals surface area (Å²) in [6.45, 7) is 2.14. The van der Waals surface area contributed by atoms with E-state index in [1.54, 1.807) is 7.11 Å². The van der Waals surface area contributed by atoms with Crippen molar-refractivity contribution < 1.29 is 4.74 Å². The van der Waals surface area contributed by atoms with Crippen LogP contribution in [0.5, 0.6) is 5.75 Å². The molecule has 2 aromatic rings. The number of ether oxygens (including phenoxy) is 1. The molecule has 0 aliphatic rings. The van der Waals surface area contributed by atoms with Crippen LogP contribution in [0, 0.1) is 0 Å². The number of rotatable bonds is 4. The first-order valence-corrected chi connectivity index (χ1v) is 7.39. The molecule has 0 aromatic heterocycles. The van der Waals surface area contributed by atoms with Crippen LogP contribution in [0.2, 0.25) is 0 Å². The first kappa shape index (κ1) is 14.4. The lowest BCUT2D eigenvalue weighted by Gasteiger charge is -2.19. The van der Waals surface area contributed by atoms with Crippen LogP contribution in [0.15, 0.2) is 53.0 Å². The van der Waals surface area contributed by atoms with E-state index in [9.17, 15) is 0 Å². The number of halogens is 2. The molecule has 0 saturated carbocycles. The Bertz CT molecular complexity index is 542. The van der Waals surface area contributed by atoms with Crippen LogP contribution in [-0.4, -0.2) is 7.11 Å². The van der Waals surface area contributed by atoms with Crippen LogP contribution in [0.3, 0.4) is 0 Å². The molecule has 0 aliphatic carbocycles. The topological polar surface area (TPSA) is 9.23 Å². The summed E-state index contributed by atoms with van der Waals surface area (Å²) in [5.74, 6) is 1.07. The minimum absolute atomic E-state index is 0.0652. The Morgan fingerprint density at radius 3 is 2.32 bits per heavy atom. The number of methoxy groups -OCH3 is 1. The number of hydrogen-bond donors (Lipinski definition) is 0. The van der Waals surface area contributed by atoms with Gasteiger partial charge < -0.3 is 4.74 Å². The van der Waals surface area contributed by atoms with Gasteiger partial charge in [0.2, 0.25) is 0 Å². The van der Waals surface area contributed by atoms with Crippen molar-refractivity contribution in [1.29, 1.82) is 0 Å². The fourth-order valence-electron chi connectivity index (χ4n) is 2.07. The molecular weight excluding hydrogens is 324 g/mol. The van der Waals surface area contributed by atoms with E-state index in [0.717, 1.165) is 15.8 Å². The number of hydrogen-bond acceptors (Lipinski definition) is 1. The first-order valence-electron chi connectivity index (χ1n) is 6.16. The van der Waals surface area contributed by atoms with Crippen molar-refractivity contribution >= 4 is 27.5 Å². The molecule has 0 spiro atoms. The molecule has 3 heteroatoms. The van der Waals surface area contributed by atoms with Crippen LogP contribution >= 0.6 is 27.5 Å². The predicted octanol–water partition coefficient (Wildman–Crippen LogP) is 5.54. The monoisotopic (exact) mass is 338 g/mol. The highest BCUT2D eigenvalue weighted by molar-refractivity contribution is 9.10. The van der Waals surface area contributed by atoms with Gasteiger partial charge in [-0.05, 0) is 39.2 Å². The fraction of sp³-hybridized carbons (Fsp3) is 0.250. The Morgan fingerprint density at radius 2 is 1.74 bits per heavy atom. The van der Waals surface area contributed by atoms with Crippen molar-refractivity contribution in [3.8, 4) is 5.75 Å². The van der Waals surface area contributed by atoms with E-state index in [1.165, 1.54) is 5.56 Å². The minimum atomic E-state index is -0.0652. The van der Waals surface area contributed by atoms with Crippen molar-refractivity contribution in [1.82, 2.24) is 0 Å². The number of benzene rings is 2. The molecule has 0 radical (unpaired) electrons. The van der Waals surface area contributed by atoms with Crippen LogP contribution in [0.1, 0.15) is 29.3 Å². The van der Waals surface area contributed by atoms with E-state index >= 15 is 0 Å². The third kappa shape index (κ3) is 3.31. The van der Waals surface area contributed by atoms with E-state index in [1.807, 2.05) is 36.4 Å². The summed E-state index contributed by atoms with van der Waals surface area (Å²) in [7, 11) is 1.66. The molecule has 0 aliphatic heterocycles. The van der Waals surface area contributed by atoms with E-state index in [2.05, 4.69) is 35.0 Å². The van der Waals surface area contributed by atoms with E-state index in [-0.39, 0.29) is 11.3 Å². The van der Waals surface area contributed by atoms with Crippen molar-refractivity contribution in [3.63, 3.8) is 0 Å². The molecule has 0 N–H and O–H groups in total. The Morgan fingerprint density at radius 1 is 1.05 bits per heavy atom. The second kappa shape index (κ2) is 6.44. The lowest BCUT2D eigenvalue weighted by Crippen LogP contribution is -2.02. The van der Waals surface area contributed by atoms with E-state index < -0.39 is 0 Å². The first-order chi connectivity index (χ1) is 9.13. The predicted molar refractivity (Wildman–Crippen MR) is 84.1 cm³/mol. The molecule has 0 saturated heterocycles. The highest BCUT2D eigenvalue weighted by atomic mass is 79.9. The molecule has 2 rings (SSSR count). The minimum Gasteiger partial charge on any atom is -0.496 e. The molecular formula is C16H16BrClO. The van der Waals surface area contributed by atoms with Crippen LogP contribution in [0.4, 0.5) is 0 Å². The lowest BCUT2D eigenvalue weighted by atomic mass is 9.93. The van der Waals surface area contributed by atoms with Gasteiger partial charge in [0, 0.05) is 5.92 Å². The molecule has 0 fully saturated rings. The van der Waals surface area contributed by atoms with Gasteiger partial charge in [-0.3, -0.25) is 0 Å². The van der Waals surface area contributed by atoms with Gasteiger partial charge in [0.05, 0.1) is 17.0 Å². The zero-order chi connectivity index (χ0) is 13.8. The van der Waals surface area contributed by atoms with Crippen LogP contribution in [-0.2, 0) is 0 Å². The molecule has 19 heavy (non-hydrogen) atoms. The maximum atomic E-state index is 6.60. The highest BCUT2D eigenvalue weighted by Gasteiger charge is 2.19. The van der Waals surface area contributed by atoms with Gasteiger partial charge in [-0.15, -0.1) is 11.6 Å². The third-order valence-corrected chi connectivity index (χ3v) is 4.51. The molecule has 100 valence electrons. The maximum absolute atomic E-state index is 6.60. The van der Waals surface area contributed by atoms with Gasteiger partial charge in [-0.25, -0.2) is 0 Å². The van der Waals surface area contributed by atoms with Gasteiger partial charge in [-0.1, -0.05) is 43.3 Å². The third-order valence-electron chi connectivity index (χ3n) is 3.26. The SMILES string of the molecule is COc1ccc(C(Cl)C(C)c2ccccc2)cc1Br. The van der Waals surface area contributed by atoms with Gasteiger partial charge in [0.1, 0.15) is 5.75 Å². The van der Waals surface area contributed by atoms with Gasteiger partial charge in [0.25, 0.3) is 0 Å². The fourth-order valence-corrected chi connectivity index (χ4v) is 2.91. The summed E-state index contributed by atoms with van der Waals surface area (Å²) in [5.41, 5.74) is 2.33. The van der Waals surface area contributed by atoms with Gasteiger partial charge in [-0.2, -0.15) is 0 Å². The zero-order valence-electron chi connectivity index (χ0n) is 10.9. The summed E-state index contributed by atoms with van der Waals surface area (Å²) in [4.78, 5) is 0. The maximum Gasteiger partial charge on any atom is 0.133 e. The summed E-state index contributed by atoms with van der Waals surface area (Å²) >= 11 is 10.1. The van der Waals surface area contributed by atoms with Crippen molar-refractivity contribution in [3.05, 3.63) is 64.1 Å². The zero-order valence-corrected chi connectivity index (χ0v) is 13.3. The van der Waals surface area contributed by atoms with Gasteiger partial charge in [0.15, 0.2) is 0 Å². The normalized spacial score (nSPS) is 13.9. The molecule has 2 unspecified atom stereocenters.